The van der Waals surface area contributed by atoms with Crippen LogP contribution in [0.4, 0.5) is 11.6 Å². The van der Waals surface area contributed by atoms with Crippen molar-refractivity contribution < 1.29 is 8.42 Å². The molecule has 2 fully saturated rings. The molecule has 2 aromatic heterocycles. The third kappa shape index (κ3) is 4.66. The zero-order valence-corrected chi connectivity index (χ0v) is 20.5. The van der Waals surface area contributed by atoms with Crippen LogP contribution in [0.25, 0.3) is 5.65 Å². The minimum absolute atomic E-state index is 0.124. The molecule has 0 atom stereocenters. The Morgan fingerprint density at radius 1 is 1.11 bits per heavy atom. The van der Waals surface area contributed by atoms with E-state index in [1.54, 1.807) is 18.3 Å². The van der Waals surface area contributed by atoms with E-state index in [9.17, 15) is 18.9 Å². The molecule has 180 valence electrons. The highest BCUT2D eigenvalue weighted by Gasteiger charge is 2.35. The van der Waals surface area contributed by atoms with Crippen molar-refractivity contribution in [3.05, 3.63) is 46.4 Å². The number of piperazine rings is 1. The van der Waals surface area contributed by atoms with E-state index in [4.69, 9.17) is 11.6 Å². The summed E-state index contributed by atoms with van der Waals surface area (Å²) in [5.74, 6) is 0.374. The maximum absolute atomic E-state index is 11.8. The van der Waals surface area contributed by atoms with Crippen LogP contribution in [-0.4, -0.2) is 75.7 Å². The van der Waals surface area contributed by atoms with Crippen molar-refractivity contribution in [2.45, 2.75) is 25.4 Å². The summed E-state index contributed by atoms with van der Waals surface area (Å²) in [6, 6.07) is 7.92. The van der Waals surface area contributed by atoms with E-state index < -0.39 is 10.0 Å². The average molecular weight is 512 g/mol. The molecule has 0 unspecified atom stereocenters. The van der Waals surface area contributed by atoms with Gasteiger partial charge in [-0.15, -0.1) is 5.10 Å². The first-order valence-electron chi connectivity index (χ1n) is 11.1. The van der Waals surface area contributed by atoms with E-state index in [1.165, 1.54) is 21.3 Å². The van der Waals surface area contributed by atoms with Gasteiger partial charge in [0.25, 0.3) is 0 Å². The lowest BCUT2D eigenvalue weighted by Crippen LogP contribution is -2.47. The van der Waals surface area contributed by atoms with E-state index >= 15 is 0 Å². The molecule has 35 heavy (non-hydrogen) atoms. The van der Waals surface area contributed by atoms with Crippen molar-refractivity contribution in [2.75, 3.05) is 37.3 Å². The van der Waals surface area contributed by atoms with Crippen molar-refractivity contribution >= 4 is 38.9 Å². The summed E-state index contributed by atoms with van der Waals surface area (Å²) in [4.78, 5) is 12.7. The Kier molecular flexibility index (Phi) is 6.07. The molecule has 1 aliphatic carbocycles. The number of aromatic nitrogens is 4. The van der Waals surface area contributed by atoms with Gasteiger partial charge >= 0.3 is 0 Å². The van der Waals surface area contributed by atoms with Crippen LogP contribution in [0.15, 0.2) is 24.5 Å². The van der Waals surface area contributed by atoms with Crippen molar-refractivity contribution in [1.29, 1.82) is 10.5 Å². The van der Waals surface area contributed by atoms with Gasteiger partial charge in [0.2, 0.25) is 16.0 Å². The first-order valence-corrected chi connectivity index (χ1v) is 13.3. The van der Waals surface area contributed by atoms with E-state index in [1.807, 2.05) is 4.90 Å². The van der Waals surface area contributed by atoms with Crippen LogP contribution in [0, 0.1) is 22.7 Å². The lowest BCUT2D eigenvalue weighted by Gasteiger charge is -2.33. The average Bonchev–Trinajstić information content (AvgIpc) is 3.59. The van der Waals surface area contributed by atoms with Gasteiger partial charge in [0, 0.05) is 38.8 Å². The summed E-state index contributed by atoms with van der Waals surface area (Å²) in [6.07, 6.45) is 6.07. The fourth-order valence-electron chi connectivity index (χ4n) is 4.25. The van der Waals surface area contributed by atoms with Gasteiger partial charge in [0.15, 0.2) is 11.3 Å². The number of anilines is 2. The number of nitrogens with zero attached hydrogens (tertiary/aromatic N) is 9. The van der Waals surface area contributed by atoms with Gasteiger partial charge in [-0.25, -0.2) is 18.4 Å². The van der Waals surface area contributed by atoms with Gasteiger partial charge in [-0.3, -0.25) is 4.90 Å². The van der Waals surface area contributed by atoms with Crippen molar-refractivity contribution in [2.24, 2.45) is 0 Å². The van der Waals surface area contributed by atoms with Crippen molar-refractivity contribution in [3.8, 4) is 12.1 Å². The summed E-state index contributed by atoms with van der Waals surface area (Å²) >= 11 is 6.92. The normalized spacial score (nSPS) is 17.3. The summed E-state index contributed by atoms with van der Waals surface area (Å²) in [5, 5.41) is 24.1. The highest BCUT2D eigenvalue weighted by molar-refractivity contribution is 7.88. The standard InChI is InChI=1S/C22H22ClN9O2S/c1-35(33,34)30-6-4-29(5-7-30)14-16-8-15(10-24)9-19(21(16)23)31(17-2-3-17)22-27-13-20-26-12-18(11-25)32(20)28-22/h8-9,12-13,17H,2-7,14H2,1H3. The molecule has 0 spiro atoms. The minimum atomic E-state index is -3.22. The van der Waals surface area contributed by atoms with Crippen LogP contribution in [-0.2, 0) is 16.6 Å². The Balaban J connectivity index is 1.49. The Morgan fingerprint density at radius 3 is 2.49 bits per heavy atom. The number of nitriles is 2. The van der Waals surface area contributed by atoms with Crippen LogP contribution in [0.3, 0.4) is 0 Å². The van der Waals surface area contributed by atoms with Crippen LogP contribution in [0.1, 0.15) is 29.7 Å². The molecule has 3 heterocycles. The van der Waals surface area contributed by atoms with Gasteiger partial charge in [-0.2, -0.15) is 19.3 Å². The van der Waals surface area contributed by atoms with Crippen LogP contribution in [0.5, 0.6) is 0 Å². The molecule has 1 aliphatic heterocycles. The number of sulfonamides is 1. The predicted molar refractivity (Wildman–Crippen MR) is 129 cm³/mol. The van der Waals surface area contributed by atoms with Gasteiger partial charge < -0.3 is 4.90 Å². The van der Waals surface area contributed by atoms with E-state index in [0.717, 1.165) is 18.4 Å². The fourth-order valence-corrected chi connectivity index (χ4v) is 5.34. The SMILES string of the molecule is CS(=O)(=O)N1CCN(Cc2cc(C#N)cc(N(c3ncc4ncc(C#N)n4n3)C3CC3)c2Cl)CC1. The monoisotopic (exact) mass is 511 g/mol. The quantitative estimate of drug-likeness (QED) is 0.486. The third-order valence-corrected chi connectivity index (χ3v) is 7.94. The second-order valence-corrected chi connectivity index (χ2v) is 11.1. The second kappa shape index (κ2) is 9.06. The zero-order valence-electron chi connectivity index (χ0n) is 19.0. The van der Waals surface area contributed by atoms with E-state index in [2.05, 4.69) is 32.1 Å². The number of rotatable bonds is 6. The first-order chi connectivity index (χ1) is 16.8. The molecule has 1 aromatic carbocycles. The molecule has 0 radical (unpaired) electrons. The molecule has 0 bridgehead atoms. The van der Waals surface area contributed by atoms with Gasteiger partial charge in [-0.1, -0.05) is 11.6 Å². The van der Waals surface area contributed by atoms with Crippen LogP contribution >= 0.6 is 11.6 Å². The lowest BCUT2D eigenvalue weighted by molar-refractivity contribution is 0.182. The molecule has 2 aliphatic rings. The maximum atomic E-state index is 11.8. The number of benzene rings is 1. The summed E-state index contributed by atoms with van der Waals surface area (Å²) in [6.45, 7) is 2.45. The molecule has 0 amide bonds. The number of imidazole rings is 1. The second-order valence-electron chi connectivity index (χ2n) is 8.70. The van der Waals surface area contributed by atoms with E-state index in [-0.39, 0.29) is 6.04 Å². The lowest BCUT2D eigenvalue weighted by atomic mass is 10.1. The maximum Gasteiger partial charge on any atom is 0.248 e. The molecule has 1 saturated heterocycles. The third-order valence-electron chi connectivity index (χ3n) is 6.20. The smallest absolute Gasteiger partial charge is 0.248 e. The largest absolute Gasteiger partial charge is 0.305 e. The van der Waals surface area contributed by atoms with E-state index in [0.29, 0.717) is 66.3 Å². The van der Waals surface area contributed by atoms with Crippen LogP contribution in [0.2, 0.25) is 5.02 Å². The Labute approximate surface area is 207 Å². The molecular formula is C22H22ClN9O2S. The topological polar surface area (TPSA) is 135 Å². The molecule has 1 saturated carbocycles. The fraction of sp³-hybridized carbons (Fsp3) is 0.409. The number of fused-ring (bicyclic) bond motifs is 1. The highest BCUT2D eigenvalue weighted by Crippen LogP contribution is 2.42. The summed E-state index contributed by atoms with van der Waals surface area (Å²) < 4.78 is 26.6. The Morgan fingerprint density at radius 2 is 1.86 bits per heavy atom. The molecular weight excluding hydrogens is 490 g/mol. The van der Waals surface area contributed by atoms with Gasteiger partial charge in [0.1, 0.15) is 6.07 Å². The first kappa shape index (κ1) is 23.5. The molecule has 3 aromatic rings. The zero-order chi connectivity index (χ0) is 24.7. The van der Waals surface area contributed by atoms with Crippen molar-refractivity contribution in [3.63, 3.8) is 0 Å². The Hall–Kier alpha value is -3.29. The molecule has 0 N–H and O–H groups in total. The summed E-state index contributed by atoms with van der Waals surface area (Å²) in [5.41, 5.74) is 2.63. The molecule has 11 nitrogen and oxygen atoms in total. The predicted octanol–water partition coefficient (Wildman–Crippen LogP) is 1.90. The summed E-state index contributed by atoms with van der Waals surface area (Å²) in [7, 11) is -3.22. The molecule has 5 rings (SSSR count). The highest BCUT2D eigenvalue weighted by atomic mass is 35.5. The van der Waals surface area contributed by atoms with Gasteiger partial charge in [-0.05, 0) is 30.5 Å². The Bertz CT molecular complexity index is 1480. The number of hydrogen-bond acceptors (Lipinski definition) is 9. The van der Waals surface area contributed by atoms with Crippen LogP contribution < -0.4 is 4.90 Å². The van der Waals surface area contributed by atoms with Gasteiger partial charge in [0.05, 0.1) is 41.0 Å². The minimum Gasteiger partial charge on any atom is -0.305 e. The molecule has 13 heteroatoms. The number of hydrogen-bond donors (Lipinski definition) is 0. The van der Waals surface area contributed by atoms with Crippen molar-refractivity contribution in [1.82, 2.24) is 28.8 Å². The number of halogens is 1.